The van der Waals surface area contributed by atoms with Crippen LogP contribution in [0.15, 0.2) is 40.2 Å². The lowest BCUT2D eigenvalue weighted by Crippen LogP contribution is -2.50. The molecule has 1 fully saturated rings. The van der Waals surface area contributed by atoms with Crippen LogP contribution in [0.2, 0.25) is 0 Å². The smallest absolute Gasteiger partial charge is 0.323 e. The number of carboxylic acid groups (broad SMARTS) is 1. The van der Waals surface area contributed by atoms with Gasteiger partial charge in [-0.2, -0.15) is 4.72 Å². The maximum absolute atomic E-state index is 12.5. The molecule has 7 N–H and O–H groups in total. The van der Waals surface area contributed by atoms with E-state index in [1.807, 2.05) is 0 Å². The number of carbonyl (C=O) groups excluding carboxylic acids is 2. The molecule has 0 saturated carbocycles. The molecule has 0 bridgehead atoms. The number of carbonyl (C=O) groups is 3. The van der Waals surface area contributed by atoms with Crippen molar-refractivity contribution in [3.05, 3.63) is 30.3 Å². The van der Waals surface area contributed by atoms with Gasteiger partial charge in [0.15, 0.2) is 5.96 Å². The zero-order chi connectivity index (χ0) is 25.1. The highest BCUT2D eigenvalue weighted by Gasteiger charge is 2.30. The van der Waals surface area contributed by atoms with E-state index in [4.69, 9.17) is 11.5 Å². The molecule has 1 aliphatic rings. The van der Waals surface area contributed by atoms with Crippen molar-refractivity contribution in [2.45, 2.75) is 43.0 Å². The summed E-state index contributed by atoms with van der Waals surface area (Å²) in [4.78, 5) is 41.9. The van der Waals surface area contributed by atoms with Crippen molar-refractivity contribution < 1.29 is 27.9 Å². The summed E-state index contributed by atoms with van der Waals surface area (Å²) < 4.78 is 26.9. The van der Waals surface area contributed by atoms with Crippen LogP contribution in [0.25, 0.3) is 0 Å². The Bertz CT molecular complexity index is 973. The summed E-state index contributed by atoms with van der Waals surface area (Å²) in [5.41, 5.74) is 10.5. The largest absolute Gasteiger partial charge is 0.480 e. The Morgan fingerprint density at radius 1 is 1.12 bits per heavy atom. The molecule has 188 valence electrons. The zero-order valence-corrected chi connectivity index (χ0v) is 19.7. The van der Waals surface area contributed by atoms with Gasteiger partial charge in [-0.05, 0) is 37.8 Å². The summed E-state index contributed by atoms with van der Waals surface area (Å²) in [6.45, 7) is 0.924. The first kappa shape index (κ1) is 27.1. The normalized spacial score (nSPS) is 15.4. The van der Waals surface area contributed by atoms with Crippen LogP contribution in [0.4, 0.5) is 0 Å². The summed E-state index contributed by atoms with van der Waals surface area (Å²) >= 11 is 0. The highest BCUT2D eigenvalue weighted by atomic mass is 32.2. The number of nitrogens with one attached hydrogen (secondary N) is 2. The number of guanidine groups is 1. The molecule has 0 radical (unpaired) electrons. The third-order valence-electron chi connectivity index (χ3n) is 5.44. The van der Waals surface area contributed by atoms with Crippen LogP contribution in [-0.4, -0.2) is 74.4 Å². The summed E-state index contributed by atoms with van der Waals surface area (Å²) in [6.07, 6.45) is 2.61. The number of piperidine rings is 1. The van der Waals surface area contributed by atoms with E-state index in [0.717, 1.165) is 0 Å². The van der Waals surface area contributed by atoms with Crippen molar-refractivity contribution >= 4 is 33.8 Å². The average Bonchev–Trinajstić information content (AvgIpc) is 2.81. The minimum Gasteiger partial charge on any atom is -0.480 e. The van der Waals surface area contributed by atoms with E-state index in [2.05, 4.69) is 15.0 Å². The van der Waals surface area contributed by atoms with Crippen LogP contribution in [0.3, 0.4) is 0 Å². The molecule has 1 unspecified atom stereocenters. The highest BCUT2D eigenvalue weighted by Crippen LogP contribution is 2.18. The van der Waals surface area contributed by atoms with Gasteiger partial charge in [0, 0.05) is 38.5 Å². The van der Waals surface area contributed by atoms with E-state index in [9.17, 15) is 27.9 Å². The number of carboxylic acids is 1. The number of hydrogen-bond acceptors (Lipinski definition) is 6. The monoisotopic (exact) mass is 496 g/mol. The Labute approximate surface area is 198 Å². The van der Waals surface area contributed by atoms with Crippen molar-refractivity contribution in [1.82, 2.24) is 14.9 Å². The number of nitrogens with two attached hydrogens (primary N) is 2. The maximum Gasteiger partial charge on any atom is 0.323 e. The Balaban J connectivity index is 1.77. The molecule has 1 heterocycles. The second-order valence-corrected chi connectivity index (χ2v) is 9.70. The molecule has 2 amide bonds. The van der Waals surface area contributed by atoms with Gasteiger partial charge < -0.3 is 26.8 Å². The summed E-state index contributed by atoms with van der Waals surface area (Å²) in [5, 5.41) is 11.9. The van der Waals surface area contributed by atoms with Crippen molar-refractivity contribution in [2.24, 2.45) is 22.4 Å². The molecule has 1 saturated heterocycles. The topological polar surface area (TPSA) is 197 Å². The lowest BCUT2D eigenvalue weighted by atomic mass is 9.95. The van der Waals surface area contributed by atoms with Crippen LogP contribution < -0.4 is 21.5 Å². The van der Waals surface area contributed by atoms with Gasteiger partial charge in [0.05, 0.1) is 4.90 Å². The predicted molar refractivity (Wildman–Crippen MR) is 125 cm³/mol. The van der Waals surface area contributed by atoms with Crippen LogP contribution in [-0.2, 0) is 24.4 Å². The van der Waals surface area contributed by atoms with Gasteiger partial charge in [-0.1, -0.05) is 18.2 Å². The third-order valence-corrected chi connectivity index (χ3v) is 6.93. The summed E-state index contributed by atoms with van der Waals surface area (Å²) in [6, 6.07) is 5.86. The van der Waals surface area contributed by atoms with Crippen LogP contribution >= 0.6 is 0 Å². The number of likely N-dealkylation sites (tertiary alicyclic amines) is 1. The van der Waals surface area contributed by atoms with E-state index in [0.29, 0.717) is 51.7 Å². The fourth-order valence-electron chi connectivity index (χ4n) is 3.53. The first-order valence-electron chi connectivity index (χ1n) is 11.0. The molecule has 0 spiro atoms. The van der Waals surface area contributed by atoms with E-state index in [1.165, 1.54) is 24.3 Å². The first-order valence-corrected chi connectivity index (χ1v) is 12.5. The van der Waals surface area contributed by atoms with E-state index < -0.39 is 28.6 Å². The molecule has 13 heteroatoms. The fourth-order valence-corrected chi connectivity index (χ4v) is 4.74. The molecule has 2 rings (SSSR count). The molecular weight excluding hydrogens is 464 g/mol. The average molecular weight is 497 g/mol. The van der Waals surface area contributed by atoms with Gasteiger partial charge in [0.1, 0.15) is 6.04 Å². The minimum absolute atomic E-state index is 0.00446. The number of aliphatic imine (C=N–C) groups is 1. The quantitative estimate of drug-likeness (QED) is 0.141. The second-order valence-electron chi connectivity index (χ2n) is 7.99. The number of rotatable bonds is 12. The molecule has 1 atom stereocenters. The summed E-state index contributed by atoms with van der Waals surface area (Å²) in [5.74, 6) is -2.12. The standard InChI is InChI=1S/C21H32N6O6S/c22-21(23)24-11-5-4-8-18(28)27-12-9-15(10-13-27)19(29)25-14-17(20(30)31)26-34(32,33)16-6-2-1-3-7-16/h1-3,6-7,15,17,26H,4-5,8-14H2,(H,25,29)(H,30,31)(H4,22,23,24). The molecule has 1 aliphatic heterocycles. The van der Waals surface area contributed by atoms with Gasteiger partial charge in [-0.15, -0.1) is 0 Å². The van der Waals surface area contributed by atoms with Gasteiger partial charge in [-0.25, -0.2) is 8.42 Å². The van der Waals surface area contributed by atoms with Crippen LogP contribution in [0.1, 0.15) is 32.1 Å². The molecule has 34 heavy (non-hydrogen) atoms. The van der Waals surface area contributed by atoms with Crippen molar-refractivity contribution in [3.8, 4) is 0 Å². The Hall–Kier alpha value is -3.19. The van der Waals surface area contributed by atoms with Crippen LogP contribution in [0, 0.1) is 5.92 Å². The molecule has 0 aromatic heterocycles. The number of hydrogen-bond donors (Lipinski definition) is 5. The Morgan fingerprint density at radius 2 is 1.76 bits per heavy atom. The number of aliphatic carboxylic acids is 1. The lowest BCUT2D eigenvalue weighted by Gasteiger charge is -2.31. The van der Waals surface area contributed by atoms with Gasteiger partial charge in [0.2, 0.25) is 21.8 Å². The van der Waals surface area contributed by atoms with Gasteiger partial charge in [0.25, 0.3) is 0 Å². The SMILES string of the molecule is NC(N)=NCCCCC(=O)N1CCC(C(=O)NCC(NS(=O)(=O)c2ccccc2)C(=O)O)CC1. The predicted octanol–water partition coefficient (Wildman–Crippen LogP) is -0.783. The van der Waals surface area contributed by atoms with Crippen molar-refractivity contribution in [3.63, 3.8) is 0 Å². The van der Waals surface area contributed by atoms with Crippen molar-refractivity contribution in [2.75, 3.05) is 26.2 Å². The Kier molecular flexibility index (Phi) is 10.3. The van der Waals surface area contributed by atoms with E-state index in [1.54, 1.807) is 11.0 Å². The number of amides is 2. The molecule has 1 aromatic rings. The number of nitrogens with zero attached hydrogens (tertiary/aromatic N) is 2. The fraction of sp³-hybridized carbons (Fsp3) is 0.524. The van der Waals surface area contributed by atoms with Gasteiger partial charge in [-0.3, -0.25) is 19.4 Å². The van der Waals surface area contributed by atoms with E-state index >= 15 is 0 Å². The second kappa shape index (κ2) is 12.9. The third kappa shape index (κ3) is 8.63. The van der Waals surface area contributed by atoms with Gasteiger partial charge >= 0.3 is 5.97 Å². The minimum atomic E-state index is -4.06. The molecule has 0 aliphatic carbocycles. The van der Waals surface area contributed by atoms with E-state index in [-0.39, 0.29) is 28.6 Å². The van der Waals surface area contributed by atoms with Crippen LogP contribution in [0.5, 0.6) is 0 Å². The number of sulfonamides is 1. The molecule has 12 nitrogen and oxygen atoms in total. The number of unbranched alkanes of at least 4 members (excludes halogenated alkanes) is 1. The number of benzene rings is 1. The Morgan fingerprint density at radius 3 is 2.35 bits per heavy atom. The first-order chi connectivity index (χ1) is 16.1. The summed E-state index contributed by atoms with van der Waals surface area (Å²) in [7, 11) is -4.06. The zero-order valence-electron chi connectivity index (χ0n) is 18.9. The molecule has 1 aromatic carbocycles. The molecular formula is C21H32N6O6S. The maximum atomic E-state index is 12.5. The van der Waals surface area contributed by atoms with Crippen molar-refractivity contribution in [1.29, 1.82) is 0 Å². The highest BCUT2D eigenvalue weighted by molar-refractivity contribution is 7.89. The lowest BCUT2D eigenvalue weighted by molar-refractivity contribution is -0.139.